The maximum Gasteiger partial charge on any atom is 0.137 e. The predicted molar refractivity (Wildman–Crippen MR) is 76.4 cm³/mol. The number of rotatable bonds is 6. The molecule has 3 nitrogen and oxygen atoms in total. The second-order valence-electron chi connectivity index (χ2n) is 3.75. The number of aliphatic hydroxyl groups is 1. The third-order valence-electron chi connectivity index (χ3n) is 2.58. The summed E-state index contributed by atoms with van der Waals surface area (Å²) in [5.41, 5.74) is 1.06. The summed E-state index contributed by atoms with van der Waals surface area (Å²) in [6.45, 7) is 2.86. The SMILES string of the molecule is CC[C@H](CO)NCc1cc(Br)cc(Br)c1OC. The second-order valence-corrected chi connectivity index (χ2v) is 5.52. The Morgan fingerprint density at radius 3 is 2.65 bits per heavy atom. The Hall–Kier alpha value is -0.100. The fraction of sp³-hybridized carbons (Fsp3) is 0.500. The lowest BCUT2D eigenvalue weighted by atomic mass is 10.1. The molecule has 17 heavy (non-hydrogen) atoms. The summed E-state index contributed by atoms with van der Waals surface area (Å²) >= 11 is 6.92. The van der Waals surface area contributed by atoms with Crippen LogP contribution in [0.5, 0.6) is 5.75 Å². The number of hydrogen-bond donors (Lipinski definition) is 2. The molecule has 0 fully saturated rings. The van der Waals surface area contributed by atoms with Crippen LogP contribution in [0.1, 0.15) is 18.9 Å². The molecule has 1 atom stereocenters. The third kappa shape index (κ3) is 4.25. The lowest BCUT2D eigenvalue weighted by molar-refractivity contribution is 0.238. The zero-order valence-electron chi connectivity index (χ0n) is 9.96. The lowest BCUT2D eigenvalue weighted by Gasteiger charge is -2.16. The molecule has 0 aliphatic rings. The zero-order chi connectivity index (χ0) is 12.8. The first-order valence-electron chi connectivity index (χ1n) is 5.48. The molecule has 0 amide bonds. The molecule has 1 rings (SSSR count). The highest BCUT2D eigenvalue weighted by molar-refractivity contribution is 9.11. The molecule has 0 saturated carbocycles. The molecule has 1 aromatic rings. The maximum atomic E-state index is 9.13. The standard InChI is InChI=1S/C12H17Br2NO2/c1-3-10(7-16)15-6-8-4-9(13)5-11(14)12(8)17-2/h4-5,10,15-16H,3,6-7H2,1-2H3/t10-/m1/s1. The van der Waals surface area contributed by atoms with E-state index in [1.807, 2.05) is 19.1 Å². The van der Waals surface area contributed by atoms with Gasteiger partial charge in [0.25, 0.3) is 0 Å². The van der Waals surface area contributed by atoms with Crippen LogP contribution in [0, 0.1) is 0 Å². The van der Waals surface area contributed by atoms with E-state index in [1.54, 1.807) is 7.11 Å². The summed E-state index contributed by atoms with van der Waals surface area (Å²) in [6, 6.07) is 4.09. The van der Waals surface area contributed by atoms with Crippen LogP contribution in [0.3, 0.4) is 0 Å². The van der Waals surface area contributed by atoms with E-state index in [0.717, 1.165) is 26.7 Å². The third-order valence-corrected chi connectivity index (χ3v) is 3.63. The molecule has 0 radical (unpaired) electrons. The van der Waals surface area contributed by atoms with Crippen LogP contribution in [-0.4, -0.2) is 24.9 Å². The minimum Gasteiger partial charge on any atom is -0.495 e. The molecular formula is C12H17Br2NO2. The molecule has 0 saturated heterocycles. The van der Waals surface area contributed by atoms with Crippen molar-refractivity contribution in [2.45, 2.75) is 25.9 Å². The average Bonchev–Trinajstić information content (AvgIpc) is 2.29. The second kappa shape index (κ2) is 7.36. The molecule has 96 valence electrons. The highest BCUT2D eigenvalue weighted by Gasteiger charge is 2.11. The molecule has 0 heterocycles. The molecule has 0 bridgehead atoms. The van der Waals surface area contributed by atoms with E-state index in [-0.39, 0.29) is 12.6 Å². The Labute approximate surface area is 119 Å². The van der Waals surface area contributed by atoms with Crippen LogP contribution >= 0.6 is 31.9 Å². The number of nitrogens with one attached hydrogen (secondary N) is 1. The summed E-state index contributed by atoms with van der Waals surface area (Å²) in [5, 5.41) is 12.4. The van der Waals surface area contributed by atoms with Gasteiger partial charge in [0.15, 0.2) is 0 Å². The van der Waals surface area contributed by atoms with Crippen LogP contribution < -0.4 is 10.1 Å². The van der Waals surface area contributed by atoms with Crippen molar-refractivity contribution in [3.63, 3.8) is 0 Å². The van der Waals surface area contributed by atoms with E-state index in [9.17, 15) is 0 Å². The molecule has 0 unspecified atom stereocenters. The Morgan fingerprint density at radius 1 is 1.41 bits per heavy atom. The molecule has 0 aromatic heterocycles. The Bertz CT molecular complexity index is 368. The van der Waals surface area contributed by atoms with Gasteiger partial charge in [-0.3, -0.25) is 0 Å². The summed E-state index contributed by atoms with van der Waals surface area (Å²) < 4.78 is 7.28. The van der Waals surface area contributed by atoms with Gasteiger partial charge in [-0.2, -0.15) is 0 Å². The predicted octanol–water partition coefficient (Wildman–Crippen LogP) is 3.08. The highest BCUT2D eigenvalue weighted by atomic mass is 79.9. The van der Waals surface area contributed by atoms with Crippen molar-refractivity contribution in [2.24, 2.45) is 0 Å². The molecule has 0 aliphatic carbocycles. The molecule has 0 spiro atoms. The number of methoxy groups -OCH3 is 1. The van der Waals surface area contributed by atoms with Gasteiger partial charge in [-0.15, -0.1) is 0 Å². The van der Waals surface area contributed by atoms with Crippen LogP contribution in [0.4, 0.5) is 0 Å². The molecule has 5 heteroatoms. The number of aliphatic hydroxyl groups excluding tert-OH is 1. The Kier molecular flexibility index (Phi) is 6.48. The van der Waals surface area contributed by atoms with E-state index < -0.39 is 0 Å². The molecule has 0 aliphatic heterocycles. The topological polar surface area (TPSA) is 41.5 Å². The van der Waals surface area contributed by atoms with Gasteiger partial charge in [0.1, 0.15) is 5.75 Å². The molecular weight excluding hydrogens is 350 g/mol. The van der Waals surface area contributed by atoms with Gasteiger partial charge in [-0.1, -0.05) is 22.9 Å². The van der Waals surface area contributed by atoms with Crippen molar-refractivity contribution < 1.29 is 9.84 Å². The minimum absolute atomic E-state index is 0.123. The van der Waals surface area contributed by atoms with Gasteiger partial charge in [-0.05, 0) is 34.5 Å². The highest BCUT2D eigenvalue weighted by Crippen LogP contribution is 2.32. The zero-order valence-corrected chi connectivity index (χ0v) is 13.1. The van der Waals surface area contributed by atoms with Crippen LogP contribution in [0.2, 0.25) is 0 Å². The quantitative estimate of drug-likeness (QED) is 0.812. The lowest BCUT2D eigenvalue weighted by Crippen LogP contribution is -2.31. The van der Waals surface area contributed by atoms with E-state index in [0.29, 0.717) is 6.54 Å². The van der Waals surface area contributed by atoms with Crippen LogP contribution in [-0.2, 0) is 6.54 Å². The Morgan fingerprint density at radius 2 is 2.12 bits per heavy atom. The number of ether oxygens (including phenoxy) is 1. The minimum atomic E-state index is 0.123. The van der Waals surface area contributed by atoms with E-state index in [1.165, 1.54) is 0 Å². The average molecular weight is 367 g/mol. The Balaban J connectivity index is 2.82. The van der Waals surface area contributed by atoms with Gasteiger partial charge in [0.2, 0.25) is 0 Å². The smallest absolute Gasteiger partial charge is 0.137 e. The van der Waals surface area contributed by atoms with Crippen molar-refractivity contribution in [2.75, 3.05) is 13.7 Å². The van der Waals surface area contributed by atoms with Crippen molar-refractivity contribution in [3.05, 3.63) is 26.6 Å². The van der Waals surface area contributed by atoms with Gasteiger partial charge in [-0.25, -0.2) is 0 Å². The number of halogens is 2. The van der Waals surface area contributed by atoms with Crippen molar-refractivity contribution in [1.29, 1.82) is 0 Å². The molecule has 2 N–H and O–H groups in total. The fourth-order valence-electron chi connectivity index (χ4n) is 1.57. The first-order valence-corrected chi connectivity index (χ1v) is 7.07. The first kappa shape index (κ1) is 15.0. The van der Waals surface area contributed by atoms with Gasteiger partial charge in [0, 0.05) is 22.6 Å². The van der Waals surface area contributed by atoms with Gasteiger partial charge in [0.05, 0.1) is 18.2 Å². The number of hydrogen-bond acceptors (Lipinski definition) is 3. The molecule has 1 aromatic carbocycles. The van der Waals surface area contributed by atoms with Crippen molar-refractivity contribution in [1.82, 2.24) is 5.32 Å². The summed E-state index contributed by atoms with van der Waals surface area (Å²) in [7, 11) is 1.65. The summed E-state index contributed by atoms with van der Waals surface area (Å²) in [6.07, 6.45) is 0.897. The van der Waals surface area contributed by atoms with Gasteiger partial charge < -0.3 is 15.2 Å². The maximum absolute atomic E-state index is 9.13. The largest absolute Gasteiger partial charge is 0.495 e. The fourth-order valence-corrected chi connectivity index (χ4v) is 3.04. The van der Waals surface area contributed by atoms with Crippen LogP contribution in [0.15, 0.2) is 21.1 Å². The van der Waals surface area contributed by atoms with Crippen molar-refractivity contribution in [3.8, 4) is 5.75 Å². The van der Waals surface area contributed by atoms with E-state index >= 15 is 0 Å². The van der Waals surface area contributed by atoms with Crippen LogP contribution in [0.25, 0.3) is 0 Å². The first-order chi connectivity index (χ1) is 8.12. The summed E-state index contributed by atoms with van der Waals surface area (Å²) in [5.74, 6) is 0.827. The summed E-state index contributed by atoms with van der Waals surface area (Å²) in [4.78, 5) is 0. The monoisotopic (exact) mass is 365 g/mol. The number of benzene rings is 1. The van der Waals surface area contributed by atoms with Crippen molar-refractivity contribution >= 4 is 31.9 Å². The normalized spacial score (nSPS) is 12.5. The van der Waals surface area contributed by atoms with E-state index in [2.05, 4.69) is 37.2 Å². The van der Waals surface area contributed by atoms with E-state index in [4.69, 9.17) is 9.84 Å². The van der Waals surface area contributed by atoms with Gasteiger partial charge >= 0.3 is 0 Å².